The first-order chi connectivity index (χ1) is 16.1. The van der Waals surface area contributed by atoms with Gasteiger partial charge in [0.2, 0.25) is 5.91 Å². The van der Waals surface area contributed by atoms with E-state index in [-0.39, 0.29) is 23.7 Å². The molecule has 2 unspecified atom stereocenters. The number of hydrogen-bond acceptors (Lipinski definition) is 3. The fourth-order valence-corrected chi connectivity index (χ4v) is 5.11. The number of methoxy groups -OCH3 is 1. The maximum Gasteiger partial charge on any atom is 0.254 e. The first-order valence-corrected chi connectivity index (χ1v) is 11.5. The average molecular weight is 441 g/mol. The molecule has 5 nitrogen and oxygen atoms in total. The predicted molar refractivity (Wildman–Crippen MR) is 127 cm³/mol. The summed E-state index contributed by atoms with van der Waals surface area (Å²) in [5, 5.41) is 0. The SMILES string of the molecule is COc1cccc(C(=O)N2CC(C(=O)N3CCc4ccccc4C3)C(c3ccccc3)C2)c1. The van der Waals surface area contributed by atoms with Crippen molar-refractivity contribution in [1.29, 1.82) is 0 Å². The molecule has 1 fully saturated rings. The lowest BCUT2D eigenvalue weighted by Gasteiger charge is -2.32. The van der Waals surface area contributed by atoms with Crippen LogP contribution in [0.4, 0.5) is 0 Å². The fourth-order valence-electron chi connectivity index (χ4n) is 5.11. The van der Waals surface area contributed by atoms with E-state index in [4.69, 9.17) is 4.74 Å². The largest absolute Gasteiger partial charge is 0.497 e. The second kappa shape index (κ2) is 9.10. The van der Waals surface area contributed by atoms with Crippen molar-refractivity contribution in [2.24, 2.45) is 5.92 Å². The van der Waals surface area contributed by atoms with Gasteiger partial charge in [-0.05, 0) is 41.3 Å². The zero-order valence-corrected chi connectivity index (χ0v) is 18.8. The summed E-state index contributed by atoms with van der Waals surface area (Å²) in [6.07, 6.45) is 0.872. The Morgan fingerprint density at radius 2 is 1.61 bits per heavy atom. The van der Waals surface area contributed by atoms with Crippen LogP contribution in [0.3, 0.4) is 0 Å². The summed E-state index contributed by atoms with van der Waals surface area (Å²) in [6.45, 7) is 2.31. The minimum Gasteiger partial charge on any atom is -0.497 e. The number of ether oxygens (including phenoxy) is 1. The Morgan fingerprint density at radius 3 is 2.39 bits per heavy atom. The molecule has 3 aromatic carbocycles. The molecule has 0 aliphatic carbocycles. The zero-order chi connectivity index (χ0) is 22.8. The second-order valence-electron chi connectivity index (χ2n) is 8.84. The van der Waals surface area contributed by atoms with Gasteiger partial charge in [-0.1, -0.05) is 60.7 Å². The molecule has 3 aromatic rings. The number of amides is 2. The number of hydrogen-bond donors (Lipinski definition) is 0. The van der Waals surface area contributed by atoms with Crippen molar-refractivity contribution in [3.63, 3.8) is 0 Å². The molecule has 2 heterocycles. The Labute approximate surface area is 194 Å². The summed E-state index contributed by atoms with van der Waals surface area (Å²) in [5.74, 6) is 0.449. The molecule has 2 aliphatic heterocycles. The van der Waals surface area contributed by atoms with Crippen molar-refractivity contribution in [1.82, 2.24) is 9.80 Å². The summed E-state index contributed by atoms with van der Waals surface area (Å²) in [4.78, 5) is 30.9. The minimum atomic E-state index is -0.257. The summed E-state index contributed by atoms with van der Waals surface area (Å²) >= 11 is 0. The van der Waals surface area contributed by atoms with Gasteiger partial charge in [0.15, 0.2) is 0 Å². The summed E-state index contributed by atoms with van der Waals surface area (Å²) < 4.78 is 5.29. The molecule has 0 bridgehead atoms. The number of benzene rings is 3. The third-order valence-electron chi connectivity index (χ3n) is 6.91. The molecule has 168 valence electrons. The molecule has 5 heteroatoms. The first kappa shape index (κ1) is 21.3. The van der Waals surface area contributed by atoms with E-state index in [9.17, 15) is 9.59 Å². The minimum absolute atomic E-state index is 0.0228. The van der Waals surface area contributed by atoms with Crippen molar-refractivity contribution >= 4 is 11.8 Å². The number of fused-ring (bicyclic) bond motifs is 1. The number of carbonyl (C=O) groups excluding carboxylic acids is 2. The monoisotopic (exact) mass is 440 g/mol. The highest BCUT2D eigenvalue weighted by Gasteiger charge is 2.42. The average Bonchev–Trinajstić information content (AvgIpc) is 3.33. The van der Waals surface area contributed by atoms with E-state index in [1.165, 1.54) is 11.1 Å². The van der Waals surface area contributed by atoms with E-state index in [2.05, 4.69) is 30.3 Å². The van der Waals surface area contributed by atoms with E-state index < -0.39 is 0 Å². The van der Waals surface area contributed by atoms with E-state index >= 15 is 0 Å². The first-order valence-electron chi connectivity index (χ1n) is 11.5. The Balaban J connectivity index is 1.41. The standard InChI is InChI=1S/C28H28N2O3/c1-33-24-13-7-12-22(16-24)27(31)30-18-25(21-9-3-2-4-10-21)26(19-30)28(32)29-15-14-20-8-5-6-11-23(20)17-29/h2-13,16,25-26H,14-15,17-19H2,1H3. The van der Waals surface area contributed by atoms with Gasteiger partial charge < -0.3 is 14.5 Å². The van der Waals surface area contributed by atoms with Crippen molar-refractivity contribution < 1.29 is 14.3 Å². The molecule has 0 radical (unpaired) electrons. The van der Waals surface area contributed by atoms with E-state index in [1.54, 1.807) is 19.2 Å². The van der Waals surface area contributed by atoms with Gasteiger partial charge in [0.1, 0.15) is 5.75 Å². The summed E-state index contributed by atoms with van der Waals surface area (Å²) in [6, 6.07) is 25.7. The van der Waals surface area contributed by atoms with E-state index in [1.807, 2.05) is 46.2 Å². The van der Waals surface area contributed by atoms with Crippen molar-refractivity contribution in [2.45, 2.75) is 18.9 Å². The third kappa shape index (κ3) is 4.23. The van der Waals surface area contributed by atoms with Gasteiger partial charge in [-0.25, -0.2) is 0 Å². The van der Waals surface area contributed by atoms with Gasteiger partial charge in [-0.2, -0.15) is 0 Å². The highest BCUT2D eigenvalue weighted by molar-refractivity contribution is 5.95. The topological polar surface area (TPSA) is 49.9 Å². The van der Waals surface area contributed by atoms with Crippen LogP contribution in [-0.4, -0.2) is 48.4 Å². The molecular weight excluding hydrogens is 412 g/mol. The predicted octanol–water partition coefficient (Wildman–Crippen LogP) is 4.14. The lowest BCUT2D eigenvalue weighted by atomic mass is 9.87. The number of nitrogens with zero attached hydrogens (tertiary/aromatic N) is 2. The molecular formula is C28H28N2O3. The Hall–Kier alpha value is -3.60. The van der Waals surface area contributed by atoms with Crippen LogP contribution in [0.25, 0.3) is 0 Å². The number of carbonyl (C=O) groups is 2. The molecule has 0 saturated carbocycles. The van der Waals surface area contributed by atoms with Crippen LogP contribution in [-0.2, 0) is 17.8 Å². The molecule has 2 amide bonds. The quantitative estimate of drug-likeness (QED) is 0.613. The molecule has 2 atom stereocenters. The summed E-state index contributed by atoms with van der Waals surface area (Å²) in [7, 11) is 1.59. The van der Waals surface area contributed by atoms with Crippen LogP contribution in [0.5, 0.6) is 5.75 Å². The number of likely N-dealkylation sites (tertiary alicyclic amines) is 1. The molecule has 0 N–H and O–H groups in total. The van der Waals surface area contributed by atoms with Crippen LogP contribution >= 0.6 is 0 Å². The van der Waals surface area contributed by atoms with E-state index in [0.717, 1.165) is 18.5 Å². The van der Waals surface area contributed by atoms with Gasteiger partial charge in [-0.3, -0.25) is 9.59 Å². The lowest BCUT2D eigenvalue weighted by Crippen LogP contribution is -2.42. The van der Waals surface area contributed by atoms with Gasteiger partial charge in [0, 0.05) is 37.7 Å². The van der Waals surface area contributed by atoms with Crippen molar-refractivity contribution in [3.05, 3.63) is 101 Å². The van der Waals surface area contributed by atoms with Crippen LogP contribution < -0.4 is 4.74 Å². The van der Waals surface area contributed by atoms with Crippen LogP contribution in [0, 0.1) is 5.92 Å². The zero-order valence-electron chi connectivity index (χ0n) is 18.8. The van der Waals surface area contributed by atoms with Gasteiger partial charge in [0.25, 0.3) is 5.91 Å². The van der Waals surface area contributed by atoms with Crippen LogP contribution in [0.2, 0.25) is 0 Å². The number of rotatable bonds is 4. The Kier molecular flexibility index (Phi) is 5.86. The maximum atomic E-state index is 13.8. The van der Waals surface area contributed by atoms with Gasteiger partial charge in [-0.15, -0.1) is 0 Å². The molecule has 1 saturated heterocycles. The highest BCUT2D eigenvalue weighted by Crippen LogP contribution is 2.36. The van der Waals surface area contributed by atoms with Gasteiger partial charge >= 0.3 is 0 Å². The van der Waals surface area contributed by atoms with E-state index in [0.29, 0.717) is 30.9 Å². The van der Waals surface area contributed by atoms with Crippen LogP contribution in [0.15, 0.2) is 78.9 Å². The fraction of sp³-hybridized carbons (Fsp3) is 0.286. The smallest absolute Gasteiger partial charge is 0.254 e. The Bertz CT molecular complexity index is 1160. The Morgan fingerprint density at radius 1 is 0.848 bits per heavy atom. The third-order valence-corrected chi connectivity index (χ3v) is 6.91. The van der Waals surface area contributed by atoms with Gasteiger partial charge in [0.05, 0.1) is 13.0 Å². The van der Waals surface area contributed by atoms with Crippen LogP contribution in [0.1, 0.15) is 33.0 Å². The van der Waals surface area contributed by atoms with Crippen molar-refractivity contribution in [3.8, 4) is 5.75 Å². The maximum absolute atomic E-state index is 13.8. The van der Waals surface area contributed by atoms with Crippen molar-refractivity contribution in [2.75, 3.05) is 26.7 Å². The second-order valence-corrected chi connectivity index (χ2v) is 8.84. The highest BCUT2D eigenvalue weighted by atomic mass is 16.5. The molecule has 0 spiro atoms. The normalized spacial score (nSPS) is 19.8. The lowest BCUT2D eigenvalue weighted by molar-refractivity contribution is -0.136. The summed E-state index contributed by atoms with van der Waals surface area (Å²) in [5.41, 5.74) is 4.23. The molecule has 0 aromatic heterocycles. The molecule has 33 heavy (non-hydrogen) atoms. The molecule has 5 rings (SSSR count). The molecule has 2 aliphatic rings.